The summed E-state index contributed by atoms with van der Waals surface area (Å²) in [6, 6.07) is 5.26. The van der Waals surface area contributed by atoms with Crippen molar-refractivity contribution in [3.63, 3.8) is 0 Å². The number of benzene rings is 1. The van der Waals surface area contributed by atoms with E-state index in [0.717, 1.165) is 5.56 Å². The minimum absolute atomic E-state index is 0.118. The van der Waals surface area contributed by atoms with Crippen LogP contribution in [-0.4, -0.2) is 41.3 Å². The zero-order chi connectivity index (χ0) is 14.5. The number of aromatic hydroxyl groups is 1. The molecule has 108 valence electrons. The molecule has 6 nitrogen and oxygen atoms in total. The maximum absolute atomic E-state index is 11.9. The number of rotatable bonds is 5. The predicted octanol–water partition coefficient (Wildman–Crippen LogP) is 0.541. The highest BCUT2D eigenvalue weighted by molar-refractivity contribution is 5.85. The number of carboxylic acids is 1. The minimum Gasteiger partial charge on any atom is -0.508 e. The van der Waals surface area contributed by atoms with Gasteiger partial charge in [0.05, 0.1) is 12.5 Å². The van der Waals surface area contributed by atoms with Gasteiger partial charge in [0, 0.05) is 13.0 Å². The Kier molecular flexibility index (Phi) is 4.57. The van der Waals surface area contributed by atoms with E-state index in [1.807, 2.05) is 0 Å². The third-order valence-corrected chi connectivity index (χ3v) is 3.29. The van der Waals surface area contributed by atoms with E-state index in [-0.39, 0.29) is 24.0 Å². The molecule has 0 bridgehead atoms. The molecule has 0 aliphatic carbocycles. The quantitative estimate of drug-likeness (QED) is 0.731. The fraction of sp³-hybridized carbons (Fsp3) is 0.429. The first kappa shape index (κ1) is 14.3. The van der Waals surface area contributed by atoms with E-state index in [4.69, 9.17) is 4.74 Å². The number of amides is 1. The van der Waals surface area contributed by atoms with E-state index < -0.39 is 12.0 Å². The lowest BCUT2D eigenvalue weighted by Crippen LogP contribution is -2.45. The van der Waals surface area contributed by atoms with Gasteiger partial charge in [0.2, 0.25) is 5.91 Å². The van der Waals surface area contributed by atoms with Crippen molar-refractivity contribution in [2.24, 2.45) is 5.92 Å². The van der Waals surface area contributed by atoms with E-state index in [2.05, 4.69) is 5.32 Å². The molecule has 2 rings (SSSR count). The molecule has 2 unspecified atom stereocenters. The van der Waals surface area contributed by atoms with Crippen molar-refractivity contribution >= 4 is 11.9 Å². The molecule has 1 aliphatic rings. The summed E-state index contributed by atoms with van der Waals surface area (Å²) in [6.07, 6.45) is 0.798. The van der Waals surface area contributed by atoms with E-state index >= 15 is 0 Å². The van der Waals surface area contributed by atoms with Gasteiger partial charge in [-0.2, -0.15) is 0 Å². The first-order chi connectivity index (χ1) is 9.56. The van der Waals surface area contributed by atoms with Crippen LogP contribution in [0.25, 0.3) is 0 Å². The third kappa shape index (κ3) is 3.71. The number of carbonyl (C=O) groups is 2. The zero-order valence-electron chi connectivity index (χ0n) is 10.9. The third-order valence-electron chi connectivity index (χ3n) is 3.29. The van der Waals surface area contributed by atoms with Crippen LogP contribution in [0.2, 0.25) is 0 Å². The number of phenols is 1. The molecule has 0 spiro atoms. The molecule has 1 amide bonds. The van der Waals surface area contributed by atoms with E-state index in [0.29, 0.717) is 19.6 Å². The van der Waals surface area contributed by atoms with E-state index in [9.17, 15) is 19.8 Å². The number of nitrogens with one attached hydrogen (secondary N) is 1. The lowest BCUT2D eigenvalue weighted by Gasteiger charge is -2.17. The van der Waals surface area contributed by atoms with Crippen LogP contribution >= 0.6 is 0 Å². The largest absolute Gasteiger partial charge is 0.508 e. The Bertz CT molecular complexity index is 479. The van der Waals surface area contributed by atoms with Gasteiger partial charge in [0.15, 0.2) is 0 Å². The van der Waals surface area contributed by atoms with Gasteiger partial charge in [0.25, 0.3) is 0 Å². The van der Waals surface area contributed by atoms with E-state index in [1.54, 1.807) is 12.1 Å². The number of hydrogen-bond acceptors (Lipinski definition) is 4. The van der Waals surface area contributed by atoms with Gasteiger partial charge >= 0.3 is 5.97 Å². The Morgan fingerprint density at radius 1 is 1.35 bits per heavy atom. The number of carbonyl (C=O) groups excluding carboxylic acids is 1. The topological polar surface area (TPSA) is 95.9 Å². The van der Waals surface area contributed by atoms with Crippen LogP contribution in [0.15, 0.2) is 24.3 Å². The molecule has 1 aliphatic heterocycles. The number of aliphatic carboxylic acids is 1. The Hall–Kier alpha value is -2.08. The number of ether oxygens (including phenoxy) is 1. The van der Waals surface area contributed by atoms with Crippen LogP contribution < -0.4 is 5.32 Å². The van der Waals surface area contributed by atoms with Gasteiger partial charge in [-0.1, -0.05) is 12.1 Å². The molecule has 0 aromatic heterocycles. The average Bonchev–Trinajstić information content (AvgIpc) is 2.94. The molecule has 1 fully saturated rings. The van der Waals surface area contributed by atoms with Crippen molar-refractivity contribution < 1.29 is 24.5 Å². The molecule has 0 saturated carbocycles. The first-order valence-electron chi connectivity index (χ1n) is 6.45. The number of hydrogen-bond donors (Lipinski definition) is 3. The summed E-state index contributed by atoms with van der Waals surface area (Å²) in [5.41, 5.74) is 0.734. The molecule has 1 saturated heterocycles. The highest BCUT2D eigenvalue weighted by Gasteiger charge is 2.28. The summed E-state index contributed by atoms with van der Waals surface area (Å²) in [5, 5.41) is 20.9. The molecule has 0 radical (unpaired) electrons. The molecular weight excluding hydrogens is 262 g/mol. The van der Waals surface area contributed by atoms with Gasteiger partial charge in [-0.15, -0.1) is 0 Å². The predicted molar refractivity (Wildman–Crippen MR) is 70.3 cm³/mol. The monoisotopic (exact) mass is 279 g/mol. The second-order valence-corrected chi connectivity index (χ2v) is 4.83. The Morgan fingerprint density at radius 2 is 2.05 bits per heavy atom. The maximum atomic E-state index is 11.9. The summed E-state index contributed by atoms with van der Waals surface area (Å²) in [7, 11) is 0. The first-order valence-corrected chi connectivity index (χ1v) is 6.45. The van der Waals surface area contributed by atoms with Gasteiger partial charge in [-0.3, -0.25) is 4.79 Å². The van der Waals surface area contributed by atoms with Crippen LogP contribution in [0.1, 0.15) is 12.0 Å². The normalized spacial score (nSPS) is 19.5. The highest BCUT2D eigenvalue weighted by Crippen LogP contribution is 2.14. The van der Waals surface area contributed by atoms with Crippen molar-refractivity contribution in [3.8, 4) is 5.75 Å². The van der Waals surface area contributed by atoms with Crippen LogP contribution in [-0.2, 0) is 20.7 Å². The van der Waals surface area contributed by atoms with Crippen molar-refractivity contribution in [1.29, 1.82) is 0 Å². The van der Waals surface area contributed by atoms with Crippen LogP contribution in [0.3, 0.4) is 0 Å². The maximum Gasteiger partial charge on any atom is 0.326 e. The highest BCUT2D eigenvalue weighted by atomic mass is 16.5. The molecule has 6 heteroatoms. The Labute approximate surface area is 116 Å². The fourth-order valence-corrected chi connectivity index (χ4v) is 2.10. The van der Waals surface area contributed by atoms with Gasteiger partial charge in [0.1, 0.15) is 11.8 Å². The van der Waals surface area contributed by atoms with Crippen LogP contribution in [0.4, 0.5) is 0 Å². The molecule has 20 heavy (non-hydrogen) atoms. The van der Waals surface area contributed by atoms with Crippen LogP contribution in [0, 0.1) is 5.92 Å². The lowest BCUT2D eigenvalue weighted by molar-refractivity contribution is -0.142. The number of phenolic OH excluding ortho intramolecular Hbond substituents is 1. The smallest absolute Gasteiger partial charge is 0.326 e. The molecule has 2 atom stereocenters. The van der Waals surface area contributed by atoms with Crippen molar-refractivity contribution in [1.82, 2.24) is 5.32 Å². The SMILES string of the molecule is O=C(NC(Cc1ccc(O)cc1)C(=O)O)C1CCOC1. The van der Waals surface area contributed by atoms with Crippen molar-refractivity contribution in [2.45, 2.75) is 18.9 Å². The molecule has 1 heterocycles. The zero-order valence-corrected chi connectivity index (χ0v) is 10.9. The Balaban J connectivity index is 1.98. The number of carboxylic acid groups (broad SMARTS) is 1. The van der Waals surface area contributed by atoms with Gasteiger partial charge in [-0.05, 0) is 24.1 Å². The molecule has 3 N–H and O–H groups in total. The van der Waals surface area contributed by atoms with Crippen molar-refractivity contribution in [3.05, 3.63) is 29.8 Å². The summed E-state index contributed by atoms with van der Waals surface area (Å²) in [5.74, 6) is -1.51. The van der Waals surface area contributed by atoms with Crippen molar-refractivity contribution in [2.75, 3.05) is 13.2 Å². The summed E-state index contributed by atoms with van der Waals surface area (Å²) in [4.78, 5) is 23.1. The summed E-state index contributed by atoms with van der Waals surface area (Å²) < 4.78 is 5.12. The lowest BCUT2D eigenvalue weighted by atomic mass is 10.0. The minimum atomic E-state index is -1.08. The van der Waals surface area contributed by atoms with E-state index in [1.165, 1.54) is 12.1 Å². The fourth-order valence-electron chi connectivity index (χ4n) is 2.10. The average molecular weight is 279 g/mol. The van der Waals surface area contributed by atoms with Gasteiger partial charge in [-0.25, -0.2) is 4.79 Å². The summed E-state index contributed by atoms with van der Waals surface area (Å²) >= 11 is 0. The Morgan fingerprint density at radius 3 is 2.60 bits per heavy atom. The second kappa shape index (κ2) is 6.38. The molecular formula is C14H17NO5. The van der Waals surface area contributed by atoms with Crippen LogP contribution in [0.5, 0.6) is 5.75 Å². The second-order valence-electron chi connectivity index (χ2n) is 4.83. The molecule has 1 aromatic carbocycles. The van der Waals surface area contributed by atoms with Gasteiger partial charge < -0.3 is 20.3 Å². The molecule has 1 aromatic rings. The standard InChI is InChI=1S/C14H17NO5/c16-11-3-1-9(2-4-11)7-12(14(18)19)15-13(17)10-5-6-20-8-10/h1-4,10,12,16H,5-8H2,(H,15,17)(H,18,19). The summed E-state index contributed by atoms with van der Waals surface area (Å²) in [6.45, 7) is 0.880.